The molecule has 2 aliphatic rings. The van der Waals surface area contributed by atoms with Gasteiger partial charge in [-0.3, -0.25) is 4.79 Å². The summed E-state index contributed by atoms with van der Waals surface area (Å²) in [4.78, 5) is 23.0. The van der Waals surface area contributed by atoms with Gasteiger partial charge in [0, 0.05) is 12.5 Å². The quantitative estimate of drug-likeness (QED) is 0.402. The van der Waals surface area contributed by atoms with E-state index >= 15 is 0 Å². The Labute approximate surface area is 124 Å². The Hall–Kier alpha value is -1.40. The maximum atomic E-state index is 11.7. The lowest BCUT2D eigenvalue weighted by atomic mass is 10.1. The molecule has 0 radical (unpaired) electrons. The van der Waals surface area contributed by atoms with Gasteiger partial charge in [0.2, 0.25) is 0 Å². The number of fused-ring (bicyclic) bond motifs is 1. The number of unbranched alkanes of at least 4 members (excludes halogenated alkanes) is 2. The lowest BCUT2D eigenvalue weighted by Crippen LogP contribution is -2.35. The van der Waals surface area contributed by atoms with Gasteiger partial charge >= 0.3 is 11.9 Å². The SMILES string of the molecule is C=CC(=O)O[C@@H]1CO[C@H]2[C@@H]1OC[C@@H]2OC(=O)CCCCC. The predicted molar refractivity (Wildman–Crippen MR) is 73.6 cm³/mol. The van der Waals surface area contributed by atoms with Crippen LogP contribution in [0.5, 0.6) is 0 Å². The second-order valence-corrected chi connectivity index (χ2v) is 5.26. The first-order chi connectivity index (χ1) is 10.2. The van der Waals surface area contributed by atoms with E-state index in [1.54, 1.807) is 0 Å². The minimum Gasteiger partial charge on any atom is -0.457 e. The number of carbonyl (C=O) groups is 2. The van der Waals surface area contributed by atoms with E-state index in [1.807, 2.05) is 0 Å². The van der Waals surface area contributed by atoms with Crippen molar-refractivity contribution in [2.75, 3.05) is 13.2 Å². The predicted octanol–water partition coefficient (Wildman–Crippen LogP) is 1.37. The van der Waals surface area contributed by atoms with Gasteiger partial charge in [0.25, 0.3) is 0 Å². The molecule has 2 rings (SSSR count). The molecule has 6 heteroatoms. The fourth-order valence-electron chi connectivity index (χ4n) is 2.58. The van der Waals surface area contributed by atoms with Crippen LogP contribution in [0.2, 0.25) is 0 Å². The van der Waals surface area contributed by atoms with Crippen molar-refractivity contribution in [3.05, 3.63) is 12.7 Å². The smallest absolute Gasteiger partial charge is 0.330 e. The zero-order valence-electron chi connectivity index (χ0n) is 12.3. The second kappa shape index (κ2) is 7.56. The maximum absolute atomic E-state index is 11.7. The summed E-state index contributed by atoms with van der Waals surface area (Å²) < 4.78 is 21.7. The number of esters is 2. The first-order valence-electron chi connectivity index (χ1n) is 7.41. The van der Waals surface area contributed by atoms with Crippen LogP contribution in [0.1, 0.15) is 32.6 Å². The summed E-state index contributed by atoms with van der Waals surface area (Å²) in [7, 11) is 0. The van der Waals surface area contributed by atoms with Crippen molar-refractivity contribution >= 4 is 11.9 Å². The Balaban J connectivity index is 1.80. The summed E-state index contributed by atoms with van der Waals surface area (Å²) in [6, 6.07) is 0. The van der Waals surface area contributed by atoms with Crippen molar-refractivity contribution in [2.24, 2.45) is 0 Å². The lowest BCUT2D eigenvalue weighted by Gasteiger charge is -2.17. The first kappa shape index (κ1) is 16.0. The van der Waals surface area contributed by atoms with E-state index in [2.05, 4.69) is 13.5 Å². The van der Waals surface area contributed by atoms with Crippen molar-refractivity contribution in [1.29, 1.82) is 0 Å². The van der Waals surface area contributed by atoms with Crippen LogP contribution in [-0.4, -0.2) is 49.6 Å². The Kier molecular flexibility index (Phi) is 5.76. The van der Waals surface area contributed by atoms with E-state index in [1.165, 1.54) is 0 Å². The van der Waals surface area contributed by atoms with Crippen molar-refractivity contribution < 1.29 is 28.5 Å². The third kappa shape index (κ3) is 4.04. The van der Waals surface area contributed by atoms with Crippen molar-refractivity contribution in [3.8, 4) is 0 Å². The molecule has 0 N–H and O–H groups in total. The molecule has 0 unspecified atom stereocenters. The molecular formula is C15H22O6. The Morgan fingerprint density at radius 3 is 2.33 bits per heavy atom. The molecule has 0 amide bonds. The summed E-state index contributed by atoms with van der Waals surface area (Å²) in [5.41, 5.74) is 0. The number of ether oxygens (including phenoxy) is 4. The minimum absolute atomic E-state index is 0.229. The number of rotatable bonds is 7. The van der Waals surface area contributed by atoms with Crippen LogP contribution < -0.4 is 0 Å². The molecular weight excluding hydrogens is 276 g/mol. The summed E-state index contributed by atoms with van der Waals surface area (Å²) in [6.45, 7) is 5.96. The van der Waals surface area contributed by atoms with Gasteiger partial charge < -0.3 is 18.9 Å². The monoisotopic (exact) mass is 298 g/mol. The van der Waals surface area contributed by atoms with Gasteiger partial charge in [0.05, 0.1) is 13.2 Å². The van der Waals surface area contributed by atoms with Gasteiger partial charge in [0.15, 0.2) is 12.2 Å². The molecule has 0 saturated carbocycles. The Morgan fingerprint density at radius 2 is 1.76 bits per heavy atom. The van der Waals surface area contributed by atoms with E-state index < -0.39 is 18.2 Å². The molecule has 2 fully saturated rings. The first-order valence-corrected chi connectivity index (χ1v) is 7.41. The van der Waals surface area contributed by atoms with E-state index in [9.17, 15) is 9.59 Å². The van der Waals surface area contributed by atoms with E-state index in [-0.39, 0.29) is 31.4 Å². The Bertz CT molecular complexity index is 394. The highest BCUT2D eigenvalue weighted by atomic mass is 16.7. The molecule has 0 spiro atoms. The number of carbonyl (C=O) groups excluding carboxylic acids is 2. The standard InChI is InChI=1S/C15H22O6/c1-3-5-6-7-13(17)21-11-9-19-14-10(8-18-15(11)14)20-12(16)4-2/h4,10-11,14-15H,2-3,5-9H2,1H3/t10-,11+,14-,15-/m1/s1. The minimum atomic E-state index is -0.507. The largest absolute Gasteiger partial charge is 0.457 e. The van der Waals surface area contributed by atoms with Crippen LogP contribution in [0.15, 0.2) is 12.7 Å². The van der Waals surface area contributed by atoms with Crippen LogP contribution in [0.3, 0.4) is 0 Å². The van der Waals surface area contributed by atoms with Gasteiger partial charge in [-0.2, -0.15) is 0 Å². The third-order valence-corrected chi connectivity index (χ3v) is 3.66. The highest BCUT2D eigenvalue weighted by Crippen LogP contribution is 2.30. The molecule has 0 aromatic heterocycles. The summed E-state index contributed by atoms with van der Waals surface area (Å²) in [5, 5.41) is 0. The molecule has 0 bridgehead atoms. The van der Waals surface area contributed by atoms with Gasteiger partial charge in [-0.25, -0.2) is 4.79 Å². The van der Waals surface area contributed by atoms with Crippen LogP contribution in [0, 0.1) is 0 Å². The van der Waals surface area contributed by atoms with Crippen molar-refractivity contribution in [1.82, 2.24) is 0 Å². The summed E-state index contributed by atoms with van der Waals surface area (Å²) in [5.74, 6) is -0.735. The summed E-state index contributed by atoms with van der Waals surface area (Å²) in [6.07, 6.45) is 2.80. The molecule has 2 aliphatic heterocycles. The molecule has 2 heterocycles. The molecule has 2 saturated heterocycles. The van der Waals surface area contributed by atoms with Crippen molar-refractivity contribution in [3.63, 3.8) is 0 Å². The Morgan fingerprint density at radius 1 is 1.14 bits per heavy atom. The van der Waals surface area contributed by atoms with Crippen LogP contribution in [-0.2, 0) is 28.5 Å². The molecule has 0 aromatic carbocycles. The van der Waals surface area contributed by atoms with E-state index in [0.29, 0.717) is 6.42 Å². The van der Waals surface area contributed by atoms with Crippen molar-refractivity contribution in [2.45, 2.75) is 57.0 Å². The molecule has 0 aromatic rings. The molecule has 118 valence electrons. The van der Waals surface area contributed by atoms with Gasteiger partial charge in [0.1, 0.15) is 12.2 Å². The van der Waals surface area contributed by atoms with Crippen LogP contribution in [0.25, 0.3) is 0 Å². The van der Waals surface area contributed by atoms with E-state index in [0.717, 1.165) is 25.3 Å². The summed E-state index contributed by atoms with van der Waals surface area (Å²) >= 11 is 0. The van der Waals surface area contributed by atoms with Crippen LogP contribution >= 0.6 is 0 Å². The molecule has 4 atom stereocenters. The molecule has 0 aliphatic carbocycles. The second-order valence-electron chi connectivity index (χ2n) is 5.26. The normalized spacial score (nSPS) is 30.7. The highest BCUT2D eigenvalue weighted by molar-refractivity contribution is 5.81. The van der Waals surface area contributed by atoms with Gasteiger partial charge in [-0.15, -0.1) is 0 Å². The zero-order valence-corrected chi connectivity index (χ0v) is 12.3. The number of hydrogen-bond acceptors (Lipinski definition) is 6. The fourth-order valence-corrected chi connectivity index (χ4v) is 2.58. The lowest BCUT2D eigenvalue weighted by molar-refractivity contribution is -0.154. The average molecular weight is 298 g/mol. The molecule has 6 nitrogen and oxygen atoms in total. The average Bonchev–Trinajstić information content (AvgIpc) is 3.03. The van der Waals surface area contributed by atoms with Gasteiger partial charge in [-0.1, -0.05) is 26.3 Å². The maximum Gasteiger partial charge on any atom is 0.330 e. The molecule has 21 heavy (non-hydrogen) atoms. The topological polar surface area (TPSA) is 71.1 Å². The van der Waals surface area contributed by atoms with E-state index in [4.69, 9.17) is 18.9 Å². The zero-order chi connectivity index (χ0) is 15.2. The van der Waals surface area contributed by atoms with Crippen LogP contribution in [0.4, 0.5) is 0 Å². The third-order valence-electron chi connectivity index (χ3n) is 3.66. The fraction of sp³-hybridized carbons (Fsp3) is 0.733. The van der Waals surface area contributed by atoms with Gasteiger partial charge in [-0.05, 0) is 6.42 Å². The highest BCUT2D eigenvalue weighted by Gasteiger charge is 2.50. The number of hydrogen-bond donors (Lipinski definition) is 0.